The minimum absolute atomic E-state index is 0.308. The topological polar surface area (TPSA) is 79.7 Å². The fraction of sp³-hybridized carbons (Fsp3) is 0.143. The van der Waals surface area contributed by atoms with Crippen LogP contribution in [0.5, 0.6) is 0 Å². The van der Waals surface area contributed by atoms with E-state index in [4.69, 9.17) is 25.5 Å². The van der Waals surface area contributed by atoms with Crippen LogP contribution in [-0.4, -0.2) is 26.9 Å². The Labute approximate surface area is 291 Å². The van der Waals surface area contributed by atoms with E-state index in [1.807, 2.05) is 109 Å². The van der Waals surface area contributed by atoms with E-state index < -0.39 is 25.8 Å². The molecule has 0 saturated carbocycles. The highest BCUT2D eigenvalue weighted by Crippen LogP contribution is 2.34. The molecule has 0 amide bonds. The summed E-state index contributed by atoms with van der Waals surface area (Å²) in [5.41, 5.74) is 18.8. The zero-order valence-electron chi connectivity index (χ0n) is 27.6. The predicted octanol–water partition coefficient (Wildman–Crippen LogP) is 6.79. The number of benzene rings is 6. The van der Waals surface area contributed by atoms with Crippen molar-refractivity contribution in [1.29, 1.82) is 0 Å². The van der Waals surface area contributed by atoms with E-state index in [0.717, 1.165) is 33.2 Å². The second kappa shape index (κ2) is 17.6. The molecule has 244 valence electrons. The second-order valence-electron chi connectivity index (χ2n) is 12.0. The molecule has 0 saturated heterocycles. The summed E-state index contributed by atoms with van der Waals surface area (Å²) in [6, 6.07) is 60.2. The van der Waals surface area contributed by atoms with Gasteiger partial charge in [-0.2, -0.15) is 0 Å². The highest BCUT2D eigenvalue weighted by molar-refractivity contribution is 6.70. The van der Waals surface area contributed by atoms with Gasteiger partial charge in [-0.1, -0.05) is 182 Å². The Bertz CT molecular complexity index is 1650. The number of hydrogen-bond donors (Lipinski definition) is 2. The molecule has 4 unspecified atom stereocenters. The molecule has 0 aliphatic heterocycles. The molecule has 0 fully saturated rings. The van der Waals surface area contributed by atoms with Gasteiger partial charge in [-0.15, -0.1) is 0 Å². The average molecular weight is 644 g/mol. The van der Waals surface area contributed by atoms with Crippen molar-refractivity contribution in [2.45, 2.75) is 24.2 Å². The Kier molecular flexibility index (Phi) is 12.3. The summed E-state index contributed by atoms with van der Waals surface area (Å²) < 4.78 is 21.6. The smallest absolute Gasteiger partial charge is 0.362 e. The molecule has 4 N–H and O–H groups in total. The van der Waals surface area contributed by atoms with Crippen LogP contribution < -0.4 is 22.4 Å². The summed E-state index contributed by atoms with van der Waals surface area (Å²) in [5.74, 6) is 0. The summed E-state index contributed by atoms with van der Waals surface area (Å²) in [4.78, 5) is 0. The molecule has 0 radical (unpaired) electrons. The summed E-state index contributed by atoms with van der Waals surface area (Å²) in [6.07, 6.45) is -0.727. The molecule has 6 rings (SSSR count). The van der Waals surface area contributed by atoms with Crippen molar-refractivity contribution in [2.75, 3.05) is 13.1 Å². The maximum Gasteiger partial charge on any atom is 0.362 e. The molecular formula is C42H42B2N2O3. The lowest BCUT2D eigenvalue weighted by Gasteiger charge is -2.35. The number of hydrogen-bond acceptors (Lipinski definition) is 5. The van der Waals surface area contributed by atoms with Crippen molar-refractivity contribution in [3.05, 3.63) is 204 Å². The van der Waals surface area contributed by atoms with Crippen LogP contribution in [0, 0.1) is 0 Å². The maximum absolute atomic E-state index is 7.49. The molecule has 0 aromatic heterocycles. The van der Waals surface area contributed by atoms with Crippen molar-refractivity contribution in [1.82, 2.24) is 0 Å². The van der Waals surface area contributed by atoms with Crippen LogP contribution >= 0.6 is 0 Å². The Morgan fingerprint density at radius 1 is 0.367 bits per heavy atom. The van der Waals surface area contributed by atoms with Gasteiger partial charge in [0, 0.05) is 13.1 Å². The van der Waals surface area contributed by atoms with Crippen molar-refractivity contribution < 1.29 is 14.0 Å². The van der Waals surface area contributed by atoms with E-state index in [2.05, 4.69) is 72.8 Å². The van der Waals surface area contributed by atoms with Crippen LogP contribution in [-0.2, 0) is 14.0 Å². The van der Waals surface area contributed by atoms with Gasteiger partial charge >= 0.3 is 13.8 Å². The summed E-state index contributed by atoms with van der Waals surface area (Å²) in [5, 5.41) is 0. The van der Waals surface area contributed by atoms with Crippen LogP contribution in [0.2, 0.25) is 0 Å². The van der Waals surface area contributed by atoms with E-state index in [1.54, 1.807) is 0 Å². The number of rotatable bonds is 16. The fourth-order valence-corrected chi connectivity index (χ4v) is 6.26. The Morgan fingerprint density at radius 2 is 0.633 bits per heavy atom. The monoisotopic (exact) mass is 644 g/mol. The standard InChI is InChI=1S/C42H42B2N2O3/c45-31-39(33-19-7-1-8-20-33)48-43(37-27-15-5-16-28-37)41(35-23-11-3-12-24-35)47-42(36-25-13-4-14-26-36)44(38-29-17-6-18-30-38)49-40(32-46)34-21-9-2-10-22-34/h1-30,39-42H,31-32,45-46H2. The first-order valence-corrected chi connectivity index (χ1v) is 16.9. The molecule has 7 heteroatoms. The predicted molar refractivity (Wildman–Crippen MR) is 202 cm³/mol. The molecular weight excluding hydrogens is 602 g/mol. The molecule has 0 spiro atoms. The van der Waals surface area contributed by atoms with Crippen molar-refractivity contribution in [3.63, 3.8) is 0 Å². The third-order valence-electron chi connectivity index (χ3n) is 8.75. The van der Waals surface area contributed by atoms with Gasteiger partial charge in [-0.25, -0.2) is 0 Å². The Balaban J connectivity index is 1.48. The average Bonchev–Trinajstić information content (AvgIpc) is 3.19. The minimum atomic E-state index is -0.547. The van der Waals surface area contributed by atoms with Gasteiger partial charge in [-0.05, 0) is 33.2 Å². The van der Waals surface area contributed by atoms with Crippen LogP contribution in [0.15, 0.2) is 182 Å². The lowest BCUT2D eigenvalue weighted by atomic mass is 9.51. The van der Waals surface area contributed by atoms with Crippen LogP contribution in [0.4, 0.5) is 0 Å². The molecule has 0 bridgehead atoms. The van der Waals surface area contributed by atoms with Gasteiger partial charge in [0.25, 0.3) is 0 Å². The highest BCUT2D eigenvalue weighted by atomic mass is 16.5. The first-order chi connectivity index (χ1) is 24.2. The van der Waals surface area contributed by atoms with Crippen molar-refractivity contribution in [2.24, 2.45) is 11.5 Å². The third-order valence-corrected chi connectivity index (χ3v) is 8.75. The van der Waals surface area contributed by atoms with E-state index in [0.29, 0.717) is 13.1 Å². The van der Waals surface area contributed by atoms with E-state index >= 15 is 0 Å². The van der Waals surface area contributed by atoms with Gasteiger partial charge in [0.1, 0.15) is 0 Å². The number of nitrogens with two attached hydrogens (primary N) is 2. The quantitative estimate of drug-likeness (QED) is 0.114. The molecule has 5 nitrogen and oxygen atoms in total. The zero-order chi connectivity index (χ0) is 33.7. The van der Waals surface area contributed by atoms with Gasteiger partial charge in [0.05, 0.1) is 24.2 Å². The number of ether oxygens (including phenoxy) is 1. The summed E-state index contributed by atoms with van der Waals surface area (Å²) in [7, 11) is 0. The zero-order valence-corrected chi connectivity index (χ0v) is 27.6. The molecule has 0 heterocycles. The van der Waals surface area contributed by atoms with Gasteiger partial charge in [-0.3, -0.25) is 0 Å². The lowest BCUT2D eigenvalue weighted by molar-refractivity contribution is 0.0409. The lowest BCUT2D eigenvalue weighted by Crippen LogP contribution is -2.48. The summed E-state index contributed by atoms with van der Waals surface area (Å²) >= 11 is 0. The Morgan fingerprint density at radius 3 is 0.918 bits per heavy atom. The minimum Gasteiger partial charge on any atom is -0.420 e. The largest absolute Gasteiger partial charge is 0.420 e. The van der Waals surface area contributed by atoms with Crippen LogP contribution in [0.1, 0.15) is 46.5 Å². The van der Waals surface area contributed by atoms with Crippen LogP contribution in [0.25, 0.3) is 0 Å². The molecule has 4 atom stereocenters. The van der Waals surface area contributed by atoms with Crippen molar-refractivity contribution >= 4 is 24.8 Å². The molecule has 0 aliphatic carbocycles. The van der Waals surface area contributed by atoms with E-state index in [1.165, 1.54) is 0 Å². The first-order valence-electron chi connectivity index (χ1n) is 16.9. The molecule has 49 heavy (non-hydrogen) atoms. The van der Waals surface area contributed by atoms with Gasteiger partial charge in [0.2, 0.25) is 0 Å². The molecule has 6 aromatic rings. The SMILES string of the molecule is NCC(OB(c1ccccc1)C(OC(B(OC(CN)c1ccccc1)c1ccccc1)c1ccccc1)c1ccccc1)c1ccccc1. The fourth-order valence-electron chi connectivity index (χ4n) is 6.26. The normalized spacial score (nSPS) is 13.6. The van der Waals surface area contributed by atoms with Gasteiger partial charge < -0.3 is 25.5 Å². The maximum atomic E-state index is 7.49. The third kappa shape index (κ3) is 8.84. The summed E-state index contributed by atoms with van der Waals surface area (Å²) in [6.45, 7) is -0.414. The van der Waals surface area contributed by atoms with Crippen molar-refractivity contribution in [3.8, 4) is 0 Å². The molecule has 0 aliphatic rings. The second-order valence-corrected chi connectivity index (χ2v) is 12.0. The Hall–Kier alpha value is -4.75. The highest BCUT2D eigenvalue weighted by Gasteiger charge is 2.41. The van der Waals surface area contributed by atoms with E-state index in [-0.39, 0.29) is 12.2 Å². The van der Waals surface area contributed by atoms with Crippen LogP contribution in [0.3, 0.4) is 0 Å². The van der Waals surface area contributed by atoms with Gasteiger partial charge in [0.15, 0.2) is 0 Å². The first kappa shape index (κ1) is 34.1. The van der Waals surface area contributed by atoms with E-state index in [9.17, 15) is 0 Å². The molecule has 6 aromatic carbocycles.